The van der Waals surface area contributed by atoms with Crippen LogP contribution in [0.1, 0.15) is 44.9 Å². The molecule has 0 saturated carbocycles. The van der Waals surface area contributed by atoms with Crippen LogP contribution in [0.2, 0.25) is 0 Å². The number of rotatable bonds is 7. The van der Waals surface area contributed by atoms with Crippen molar-refractivity contribution >= 4 is 35.0 Å². The number of nitrogens with zero attached hydrogens (tertiary/aromatic N) is 2. The summed E-state index contributed by atoms with van der Waals surface area (Å²) < 4.78 is 12.9. The Labute approximate surface area is 212 Å². The Morgan fingerprint density at radius 1 is 1.08 bits per heavy atom. The second kappa shape index (κ2) is 10.7. The first kappa shape index (κ1) is 25.1. The van der Waals surface area contributed by atoms with Gasteiger partial charge in [-0.15, -0.1) is 0 Å². The summed E-state index contributed by atoms with van der Waals surface area (Å²) in [6.07, 6.45) is 1.78. The molecule has 186 valence electrons. The molecule has 2 heterocycles. The summed E-state index contributed by atoms with van der Waals surface area (Å²) in [6.45, 7) is 7.60. The molecule has 0 fully saturated rings. The van der Waals surface area contributed by atoms with Gasteiger partial charge in [0, 0.05) is 12.6 Å². The molecule has 0 radical (unpaired) electrons. The standard InChI is InChI=1S/C27H27N3O5S/c1-5-34-21-13-9-19(10-14-21)24-23(26(33)35-6-2)16(3)28-27-30(24)25(32)22(36-27)15-18-7-11-20(12-8-18)29-17(4)31/h7-15,24H,5-6H2,1-4H3,(H,29,31)/b22-15-. The number of thiazole rings is 1. The topological polar surface area (TPSA) is 99.0 Å². The van der Waals surface area contributed by atoms with Gasteiger partial charge in [0.15, 0.2) is 4.80 Å². The lowest BCUT2D eigenvalue weighted by molar-refractivity contribution is -0.139. The third-order valence-electron chi connectivity index (χ3n) is 5.55. The number of amides is 1. The zero-order valence-electron chi connectivity index (χ0n) is 20.5. The van der Waals surface area contributed by atoms with Gasteiger partial charge in [-0.3, -0.25) is 14.2 Å². The highest BCUT2D eigenvalue weighted by molar-refractivity contribution is 7.07. The first-order valence-electron chi connectivity index (χ1n) is 11.6. The van der Waals surface area contributed by atoms with E-state index in [0.29, 0.717) is 38.6 Å². The highest BCUT2D eigenvalue weighted by Gasteiger charge is 2.33. The number of carbonyl (C=O) groups is 2. The van der Waals surface area contributed by atoms with Crippen molar-refractivity contribution in [3.63, 3.8) is 0 Å². The smallest absolute Gasteiger partial charge is 0.338 e. The van der Waals surface area contributed by atoms with E-state index >= 15 is 0 Å². The lowest BCUT2D eigenvalue weighted by Gasteiger charge is -2.24. The Hall–Kier alpha value is -3.98. The molecule has 0 aliphatic carbocycles. The maximum atomic E-state index is 13.6. The van der Waals surface area contributed by atoms with E-state index in [1.54, 1.807) is 36.6 Å². The van der Waals surface area contributed by atoms with Crippen LogP contribution >= 0.6 is 11.3 Å². The molecule has 0 bridgehead atoms. The van der Waals surface area contributed by atoms with E-state index in [4.69, 9.17) is 9.47 Å². The average Bonchev–Trinajstić information content (AvgIpc) is 3.14. The van der Waals surface area contributed by atoms with Crippen LogP contribution in [0.3, 0.4) is 0 Å². The van der Waals surface area contributed by atoms with Crippen molar-refractivity contribution in [3.8, 4) is 5.75 Å². The minimum Gasteiger partial charge on any atom is -0.494 e. The molecular weight excluding hydrogens is 478 g/mol. The van der Waals surface area contributed by atoms with Crippen LogP contribution in [0, 0.1) is 0 Å². The van der Waals surface area contributed by atoms with Crippen LogP contribution in [-0.4, -0.2) is 29.7 Å². The largest absolute Gasteiger partial charge is 0.494 e. The van der Waals surface area contributed by atoms with Gasteiger partial charge in [0.1, 0.15) is 5.75 Å². The molecule has 2 aromatic carbocycles. The van der Waals surface area contributed by atoms with E-state index in [1.807, 2.05) is 43.3 Å². The summed E-state index contributed by atoms with van der Waals surface area (Å²) in [5, 5.41) is 2.72. The number of allylic oxidation sites excluding steroid dienone is 1. The van der Waals surface area contributed by atoms with Crippen LogP contribution in [0.4, 0.5) is 5.69 Å². The zero-order chi connectivity index (χ0) is 25.8. The van der Waals surface area contributed by atoms with Crippen LogP contribution in [0.15, 0.2) is 69.6 Å². The first-order chi connectivity index (χ1) is 17.3. The number of hydrogen-bond donors (Lipinski definition) is 1. The minimum atomic E-state index is -0.680. The average molecular weight is 506 g/mol. The van der Waals surface area contributed by atoms with Crippen molar-refractivity contribution in [1.29, 1.82) is 0 Å². The SMILES string of the molecule is CCOC(=O)C1=C(C)N=c2s/c(=C\c3ccc(NC(C)=O)cc3)c(=O)n2C1c1ccc(OCC)cc1. The zero-order valence-corrected chi connectivity index (χ0v) is 21.3. The molecule has 1 amide bonds. The molecule has 1 aliphatic rings. The van der Waals surface area contributed by atoms with Gasteiger partial charge < -0.3 is 14.8 Å². The Kier molecular flexibility index (Phi) is 7.49. The minimum absolute atomic E-state index is 0.155. The van der Waals surface area contributed by atoms with Crippen molar-refractivity contribution in [2.45, 2.75) is 33.7 Å². The van der Waals surface area contributed by atoms with Crippen molar-refractivity contribution in [2.24, 2.45) is 4.99 Å². The quantitative estimate of drug-likeness (QED) is 0.498. The summed E-state index contributed by atoms with van der Waals surface area (Å²) in [6, 6.07) is 13.9. The fraction of sp³-hybridized carbons (Fsp3) is 0.259. The number of nitrogens with one attached hydrogen (secondary N) is 1. The van der Waals surface area contributed by atoms with Crippen molar-refractivity contribution in [2.75, 3.05) is 18.5 Å². The van der Waals surface area contributed by atoms with Gasteiger partial charge in [-0.1, -0.05) is 35.6 Å². The molecule has 1 atom stereocenters. The van der Waals surface area contributed by atoms with Crippen molar-refractivity contribution in [1.82, 2.24) is 4.57 Å². The number of fused-ring (bicyclic) bond motifs is 1. The molecule has 3 aromatic rings. The van der Waals surface area contributed by atoms with E-state index in [2.05, 4.69) is 10.3 Å². The van der Waals surface area contributed by atoms with Crippen molar-refractivity contribution < 1.29 is 19.1 Å². The van der Waals surface area contributed by atoms with E-state index in [1.165, 1.54) is 18.3 Å². The van der Waals surface area contributed by atoms with E-state index in [9.17, 15) is 14.4 Å². The predicted octanol–water partition coefficient (Wildman–Crippen LogP) is 3.16. The monoisotopic (exact) mass is 505 g/mol. The van der Waals surface area contributed by atoms with E-state index in [-0.39, 0.29) is 18.1 Å². The highest BCUT2D eigenvalue weighted by Crippen LogP contribution is 2.31. The molecule has 0 saturated heterocycles. The Morgan fingerprint density at radius 2 is 1.78 bits per heavy atom. The third kappa shape index (κ3) is 5.16. The van der Waals surface area contributed by atoms with Crippen LogP contribution in [0.5, 0.6) is 5.75 Å². The number of benzene rings is 2. The third-order valence-corrected chi connectivity index (χ3v) is 6.54. The van der Waals surface area contributed by atoms with Gasteiger partial charge in [0.05, 0.1) is 35.1 Å². The molecular formula is C27H27N3O5S. The van der Waals surface area contributed by atoms with Gasteiger partial charge in [-0.25, -0.2) is 9.79 Å². The number of carbonyl (C=O) groups excluding carboxylic acids is 2. The molecule has 1 aliphatic heterocycles. The van der Waals surface area contributed by atoms with Crippen LogP contribution < -0.4 is 24.9 Å². The number of ether oxygens (including phenoxy) is 2. The molecule has 1 unspecified atom stereocenters. The van der Waals surface area contributed by atoms with Crippen LogP contribution in [0.25, 0.3) is 6.08 Å². The Morgan fingerprint density at radius 3 is 2.39 bits per heavy atom. The number of aromatic nitrogens is 1. The summed E-state index contributed by atoms with van der Waals surface area (Å²) in [5.74, 6) is 0.0494. The maximum Gasteiger partial charge on any atom is 0.338 e. The molecule has 0 spiro atoms. The molecule has 36 heavy (non-hydrogen) atoms. The summed E-state index contributed by atoms with van der Waals surface area (Å²) in [4.78, 5) is 43.0. The second-order valence-electron chi connectivity index (χ2n) is 8.11. The number of hydrogen-bond acceptors (Lipinski definition) is 7. The highest BCUT2D eigenvalue weighted by atomic mass is 32.1. The molecule has 8 nitrogen and oxygen atoms in total. The van der Waals surface area contributed by atoms with E-state index in [0.717, 1.165) is 11.1 Å². The molecule has 1 N–H and O–H groups in total. The normalized spacial score (nSPS) is 15.2. The van der Waals surface area contributed by atoms with Crippen LogP contribution in [-0.2, 0) is 14.3 Å². The van der Waals surface area contributed by atoms with Crippen molar-refractivity contribution in [3.05, 3.63) is 90.6 Å². The van der Waals surface area contributed by atoms with Gasteiger partial charge in [-0.05, 0) is 62.2 Å². The second-order valence-corrected chi connectivity index (χ2v) is 9.12. The lowest BCUT2D eigenvalue weighted by atomic mass is 9.96. The van der Waals surface area contributed by atoms with E-state index < -0.39 is 12.0 Å². The maximum absolute atomic E-state index is 13.6. The fourth-order valence-electron chi connectivity index (χ4n) is 4.04. The summed E-state index contributed by atoms with van der Waals surface area (Å²) in [5.41, 5.74) is 2.82. The fourth-order valence-corrected chi connectivity index (χ4v) is 5.08. The Bertz CT molecular complexity index is 1500. The Balaban J connectivity index is 1.84. The summed E-state index contributed by atoms with van der Waals surface area (Å²) >= 11 is 1.26. The van der Waals surface area contributed by atoms with Gasteiger partial charge in [0.2, 0.25) is 5.91 Å². The predicted molar refractivity (Wildman–Crippen MR) is 139 cm³/mol. The van der Waals surface area contributed by atoms with Gasteiger partial charge >= 0.3 is 5.97 Å². The first-order valence-corrected chi connectivity index (χ1v) is 12.4. The number of esters is 1. The summed E-state index contributed by atoms with van der Waals surface area (Å²) in [7, 11) is 0. The van der Waals surface area contributed by atoms with Gasteiger partial charge in [0.25, 0.3) is 5.56 Å². The van der Waals surface area contributed by atoms with Gasteiger partial charge in [-0.2, -0.15) is 0 Å². The molecule has 4 rings (SSSR count). The lowest BCUT2D eigenvalue weighted by Crippen LogP contribution is -2.39. The molecule has 9 heteroatoms. The number of anilines is 1. The molecule has 1 aromatic heterocycles.